The first kappa shape index (κ1) is 16.2. The largest absolute Gasteiger partial charge is 0.496 e. The molecule has 3 rings (SSSR count). The van der Waals surface area contributed by atoms with Gasteiger partial charge in [-0.05, 0) is 23.3 Å². The van der Waals surface area contributed by atoms with Gasteiger partial charge < -0.3 is 10.1 Å². The van der Waals surface area contributed by atoms with Crippen LogP contribution in [0.4, 0.5) is 0 Å². The summed E-state index contributed by atoms with van der Waals surface area (Å²) in [6.07, 6.45) is 0.718. The molecule has 1 amide bonds. The van der Waals surface area contributed by atoms with Gasteiger partial charge in [0.1, 0.15) is 5.75 Å². The third-order valence-corrected chi connectivity index (χ3v) is 4.34. The number of benzene rings is 2. The Hall–Kier alpha value is -2.66. The number of methoxy groups -OCH3 is 1. The molecular formula is C19H18N2O2S. The van der Waals surface area contributed by atoms with Crippen LogP contribution in [0.3, 0.4) is 0 Å². The summed E-state index contributed by atoms with van der Waals surface area (Å²) in [7, 11) is 1.57. The highest BCUT2D eigenvalue weighted by Crippen LogP contribution is 2.26. The molecule has 0 saturated heterocycles. The lowest BCUT2D eigenvalue weighted by atomic mass is 10.0. The minimum absolute atomic E-state index is 0.139. The third kappa shape index (κ3) is 3.81. The van der Waals surface area contributed by atoms with E-state index in [1.807, 2.05) is 53.9 Å². The van der Waals surface area contributed by atoms with Gasteiger partial charge in [0.05, 0.1) is 23.9 Å². The molecule has 0 atom stereocenters. The number of thiazole rings is 1. The van der Waals surface area contributed by atoms with Crippen LogP contribution in [0.15, 0.2) is 59.4 Å². The summed E-state index contributed by atoms with van der Waals surface area (Å²) in [6, 6.07) is 15.6. The van der Waals surface area contributed by atoms with Crippen LogP contribution < -0.4 is 10.1 Å². The van der Waals surface area contributed by atoms with E-state index in [9.17, 15) is 4.79 Å². The van der Waals surface area contributed by atoms with Crippen molar-refractivity contribution in [3.63, 3.8) is 0 Å². The van der Waals surface area contributed by atoms with Gasteiger partial charge in [-0.2, -0.15) is 0 Å². The smallest absolute Gasteiger partial charge is 0.255 e. The van der Waals surface area contributed by atoms with E-state index >= 15 is 0 Å². The molecule has 0 spiro atoms. The molecular weight excluding hydrogens is 320 g/mol. The zero-order valence-electron chi connectivity index (χ0n) is 13.4. The average Bonchev–Trinajstić information content (AvgIpc) is 3.15. The summed E-state index contributed by atoms with van der Waals surface area (Å²) < 4.78 is 5.34. The second-order valence-corrected chi connectivity index (χ2v) is 5.99. The fraction of sp³-hybridized carbons (Fsp3) is 0.158. The Balaban J connectivity index is 1.76. The summed E-state index contributed by atoms with van der Waals surface area (Å²) >= 11 is 1.56. The summed E-state index contributed by atoms with van der Waals surface area (Å²) in [5.41, 5.74) is 5.38. The number of amides is 1. The van der Waals surface area contributed by atoms with Crippen molar-refractivity contribution in [3.8, 4) is 16.9 Å². The molecule has 0 saturated carbocycles. The van der Waals surface area contributed by atoms with E-state index in [2.05, 4.69) is 10.3 Å². The van der Waals surface area contributed by atoms with Gasteiger partial charge in [-0.25, -0.2) is 4.98 Å². The van der Waals surface area contributed by atoms with Gasteiger partial charge in [0.15, 0.2) is 0 Å². The highest BCUT2D eigenvalue weighted by molar-refractivity contribution is 7.07. The van der Waals surface area contributed by atoms with Gasteiger partial charge in [-0.15, -0.1) is 11.3 Å². The van der Waals surface area contributed by atoms with Crippen molar-refractivity contribution in [2.24, 2.45) is 0 Å². The number of hydrogen-bond donors (Lipinski definition) is 1. The van der Waals surface area contributed by atoms with Gasteiger partial charge in [0.2, 0.25) is 0 Å². The number of rotatable bonds is 6. The quantitative estimate of drug-likeness (QED) is 0.744. The van der Waals surface area contributed by atoms with Crippen molar-refractivity contribution in [1.82, 2.24) is 10.3 Å². The Kier molecular flexibility index (Phi) is 5.23. The molecule has 122 valence electrons. The average molecular weight is 338 g/mol. The molecule has 0 aliphatic rings. The number of carbonyl (C=O) groups is 1. The topological polar surface area (TPSA) is 51.2 Å². The first-order valence-corrected chi connectivity index (χ1v) is 8.61. The molecule has 5 heteroatoms. The summed E-state index contributed by atoms with van der Waals surface area (Å²) in [5.74, 6) is 0.431. The van der Waals surface area contributed by atoms with Crippen molar-refractivity contribution in [1.29, 1.82) is 0 Å². The molecule has 0 aliphatic carbocycles. The summed E-state index contributed by atoms with van der Waals surface area (Å²) in [6.45, 7) is 0.543. The number of nitrogens with one attached hydrogen (secondary N) is 1. The molecule has 0 unspecified atom stereocenters. The van der Waals surface area contributed by atoms with Crippen molar-refractivity contribution in [2.45, 2.75) is 6.42 Å². The lowest BCUT2D eigenvalue weighted by Gasteiger charge is -2.11. The maximum Gasteiger partial charge on any atom is 0.255 e. The van der Waals surface area contributed by atoms with Crippen molar-refractivity contribution in [2.75, 3.05) is 13.7 Å². The molecule has 0 radical (unpaired) electrons. The maximum atomic E-state index is 12.5. The van der Waals surface area contributed by atoms with E-state index in [4.69, 9.17) is 4.74 Å². The molecule has 0 bridgehead atoms. The van der Waals surface area contributed by atoms with Crippen LogP contribution in [0.5, 0.6) is 5.75 Å². The first-order valence-electron chi connectivity index (χ1n) is 7.66. The van der Waals surface area contributed by atoms with Crippen molar-refractivity contribution < 1.29 is 9.53 Å². The second kappa shape index (κ2) is 7.75. The maximum absolute atomic E-state index is 12.5. The Morgan fingerprint density at radius 2 is 2.00 bits per heavy atom. The van der Waals surface area contributed by atoms with Crippen LogP contribution in [0, 0.1) is 0 Å². The minimum Gasteiger partial charge on any atom is -0.496 e. The van der Waals surface area contributed by atoms with E-state index in [1.165, 1.54) is 0 Å². The molecule has 3 aromatic rings. The van der Waals surface area contributed by atoms with Crippen molar-refractivity contribution >= 4 is 17.2 Å². The summed E-state index contributed by atoms with van der Waals surface area (Å²) in [5, 5.41) is 4.93. The fourth-order valence-electron chi connectivity index (χ4n) is 2.46. The number of carbonyl (C=O) groups excluding carboxylic acids is 1. The molecule has 2 aromatic carbocycles. The Labute approximate surface area is 145 Å². The van der Waals surface area contributed by atoms with Crippen LogP contribution in [-0.4, -0.2) is 24.5 Å². The van der Waals surface area contributed by atoms with Crippen LogP contribution >= 0.6 is 11.3 Å². The molecule has 1 N–H and O–H groups in total. The predicted molar refractivity (Wildman–Crippen MR) is 96.6 cm³/mol. The van der Waals surface area contributed by atoms with Gasteiger partial charge in [0.25, 0.3) is 5.91 Å². The van der Waals surface area contributed by atoms with Gasteiger partial charge in [0, 0.05) is 18.3 Å². The Bertz CT molecular complexity index is 801. The molecule has 24 heavy (non-hydrogen) atoms. The van der Waals surface area contributed by atoms with Crippen molar-refractivity contribution in [3.05, 3.63) is 70.7 Å². The molecule has 0 fully saturated rings. The van der Waals surface area contributed by atoms with E-state index in [-0.39, 0.29) is 5.91 Å². The van der Waals surface area contributed by atoms with Crippen LogP contribution in [0.25, 0.3) is 11.1 Å². The monoisotopic (exact) mass is 338 g/mol. The zero-order valence-corrected chi connectivity index (χ0v) is 14.2. The second-order valence-electron chi connectivity index (χ2n) is 5.27. The Morgan fingerprint density at radius 1 is 1.17 bits per heavy atom. The molecule has 1 heterocycles. The van der Waals surface area contributed by atoms with Gasteiger partial charge in [-0.1, -0.05) is 36.4 Å². The van der Waals surface area contributed by atoms with E-state index in [1.54, 1.807) is 24.0 Å². The SMILES string of the molecule is COc1ccc(-c2ccccc2)cc1C(=O)NCCc1cscn1. The standard InChI is InChI=1S/C19H18N2O2S/c1-23-18-8-7-15(14-5-3-2-4-6-14)11-17(18)19(22)20-10-9-16-12-24-13-21-16/h2-8,11-13H,9-10H2,1H3,(H,20,22). The molecule has 1 aromatic heterocycles. The van der Waals surface area contributed by atoms with E-state index in [0.717, 1.165) is 23.2 Å². The highest BCUT2D eigenvalue weighted by Gasteiger charge is 2.13. The third-order valence-electron chi connectivity index (χ3n) is 3.70. The summed E-state index contributed by atoms with van der Waals surface area (Å²) in [4.78, 5) is 16.7. The van der Waals surface area contributed by atoms with Crippen LogP contribution in [0.1, 0.15) is 16.1 Å². The lowest BCUT2D eigenvalue weighted by molar-refractivity contribution is 0.0951. The van der Waals surface area contributed by atoms with Gasteiger partial charge in [-0.3, -0.25) is 4.79 Å². The number of ether oxygens (including phenoxy) is 1. The number of aromatic nitrogens is 1. The fourth-order valence-corrected chi connectivity index (χ4v) is 3.05. The minimum atomic E-state index is -0.139. The lowest BCUT2D eigenvalue weighted by Crippen LogP contribution is -2.26. The van der Waals surface area contributed by atoms with Gasteiger partial charge >= 0.3 is 0 Å². The highest BCUT2D eigenvalue weighted by atomic mass is 32.1. The van der Waals surface area contributed by atoms with Crippen LogP contribution in [-0.2, 0) is 6.42 Å². The zero-order chi connectivity index (χ0) is 16.8. The first-order chi connectivity index (χ1) is 11.8. The Morgan fingerprint density at radius 3 is 2.71 bits per heavy atom. The molecule has 4 nitrogen and oxygen atoms in total. The van der Waals surface area contributed by atoms with E-state index < -0.39 is 0 Å². The van der Waals surface area contributed by atoms with E-state index in [0.29, 0.717) is 17.9 Å². The normalized spacial score (nSPS) is 10.4. The molecule has 0 aliphatic heterocycles. The predicted octanol–water partition coefficient (Wildman–Crippen LogP) is 3.79. The number of nitrogens with zero attached hydrogens (tertiary/aromatic N) is 1. The van der Waals surface area contributed by atoms with Crippen LogP contribution in [0.2, 0.25) is 0 Å². The number of hydrogen-bond acceptors (Lipinski definition) is 4.